The second-order valence-corrected chi connectivity index (χ2v) is 3.32. The van der Waals surface area contributed by atoms with Crippen LogP contribution < -0.4 is 16.4 Å². The third-order valence-electron chi connectivity index (χ3n) is 2.07. The van der Waals surface area contributed by atoms with E-state index in [1.807, 2.05) is 4.90 Å². The highest BCUT2D eigenvalue weighted by Crippen LogP contribution is 2.09. The van der Waals surface area contributed by atoms with Crippen molar-refractivity contribution >= 4 is 17.8 Å². The molecule has 0 aliphatic heterocycles. The molecule has 8 nitrogen and oxygen atoms in total. The lowest BCUT2D eigenvalue weighted by molar-refractivity contribution is 0.189. The van der Waals surface area contributed by atoms with Crippen LogP contribution in [-0.2, 0) is 9.47 Å². The fourth-order valence-electron chi connectivity index (χ4n) is 1.25. The first-order chi connectivity index (χ1) is 8.17. The Kier molecular flexibility index (Phi) is 5.37. The highest BCUT2D eigenvalue weighted by Gasteiger charge is 2.11. The van der Waals surface area contributed by atoms with Gasteiger partial charge in [-0.2, -0.15) is 15.0 Å². The Hall–Kier alpha value is -1.67. The first-order valence-electron chi connectivity index (χ1n) is 5.17. The average Bonchev–Trinajstić information content (AvgIpc) is 2.28. The van der Waals surface area contributed by atoms with E-state index in [0.717, 1.165) is 0 Å². The van der Waals surface area contributed by atoms with Gasteiger partial charge in [-0.05, 0) is 0 Å². The normalized spacial score (nSPS) is 10.5. The fourth-order valence-corrected chi connectivity index (χ4v) is 1.25. The highest BCUT2D eigenvalue weighted by atomic mass is 16.5. The van der Waals surface area contributed by atoms with Crippen LogP contribution in [0.2, 0.25) is 0 Å². The van der Waals surface area contributed by atoms with Crippen molar-refractivity contribution in [3.8, 4) is 0 Å². The topological polar surface area (TPSA) is 112 Å². The van der Waals surface area contributed by atoms with Crippen molar-refractivity contribution in [2.75, 3.05) is 56.9 Å². The SMILES string of the molecule is COCCN(CCOC)c1nc(N)nc(N)n1. The average molecular weight is 242 g/mol. The summed E-state index contributed by atoms with van der Waals surface area (Å²) in [7, 11) is 3.26. The molecule has 4 N–H and O–H groups in total. The predicted octanol–water partition coefficient (Wildman–Crippen LogP) is -0.865. The molecule has 0 atom stereocenters. The second kappa shape index (κ2) is 6.81. The fraction of sp³-hybridized carbons (Fsp3) is 0.667. The molecule has 8 heteroatoms. The van der Waals surface area contributed by atoms with Crippen LogP contribution in [0.25, 0.3) is 0 Å². The number of nitrogen functional groups attached to an aromatic ring is 2. The van der Waals surface area contributed by atoms with Gasteiger partial charge >= 0.3 is 0 Å². The molecule has 0 saturated carbocycles. The monoisotopic (exact) mass is 242 g/mol. The van der Waals surface area contributed by atoms with Crippen molar-refractivity contribution in [1.29, 1.82) is 0 Å². The van der Waals surface area contributed by atoms with Crippen LogP contribution >= 0.6 is 0 Å². The summed E-state index contributed by atoms with van der Waals surface area (Å²) in [6.45, 7) is 2.36. The van der Waals surface area contributed by atoms with E-state index >= 15 is 0 Å². The largest absolute Gasteiger partial charge is 0.383 e. The zero-order chi connectivity index (χ0) is 12.7. The zero-order valence-electron chi connectivity index (χ0n) is 10.1. The standard InChI is InChI=1S/C9H18N6O2/c1-16-5-3-15(4-6-17-2)9-13-7(10)12-8(11)14-9/h3-6H2,1-2H3,(H4,10,11,12,13,14). The maximum atomic E-state index is 5.52. The van der Waals surface area contributed by atoms with Crippen LogP contribution in [0.3, 0.4) is 0 Å². The van der Waals surface area contributed by atoms with Crippen LogP contribution in [0, 0.1) is 0 Å². The van der Waals surface area contributed by atoms with E-state index in [2.05, 4.69) is 15.0 Å². The first kappa shape index (κ1) is 13.4. The summed E-state index contributed by atoms with van der Waals surface area (Å²) in [6.07, 6.45) is 0. The Morgan fingerprint density at radius 2 is 1.41 bits per heavy atom. The molecule has 0 amide bonds. The van der Waals surface area contributed by atoms with Gasteiger partial charge in [0.25, 0.3) is 0 Å². The minimum Gasteiger partial charge on any atom is -0.383 e. The summed E-state index contributed by atoms with van der Waals surface area (Å²) in [5.74, 6) is 0.642. The minimum absolute atomic E-state index is 0.104. The van der Waals surface area contributed by atoms with E-state index in [0.29, 0.717) is 32.3 Å². The second-order valence-electron chi connectivity index (χ2n) is 3.32. The Balaban J connectivity index is 2.78. The number of aromatic nitrogens is 3. The zero-order valence-corrected chi connectivity index (χ0v) is 10.1. The first-order valence-corrected chi connectivity index (χ1v) is 5.17. The lowest BCUT2D eigenvalue weighted by Crippen LogP contribution is -2.32. The van der Waals surface area contributed by atoms with Gasteiger partial charge in [-0.1, -0.05) is 0 Å². The molecule has 0 radical (unpaired) electrons. The summed E-state index contributed by atoms with van der Waals surface area (Å²) in [6, 6.07) is 0. The molecule has 0 unspecified atom stereocenters. The van der Waals surface area contributed by atoms with Gasteiger partial charge in [-0.25, -0.2) is 0 Å². The summed E-state index contributed by atoms with van der Waals surface area (Å²) < 4.78 is 10.0. The molecule has 0 bridgehead atoms. The Morgan fingerprint density at radius 3 is 1.82 bits per heavy atom. The van der Waals surface area contributed by atoms with Gasteiger partial charge in [0.05, 0.1) is 13.2 Å². The van der Waals surface area contributed by atoms with E-state index < -0.39 is 0 Å². The molecular formula is C9H18N6O2. The molecule has 0 aliphatic carbocycles. The van der Waals surface area contributed by atoms with Crippen LogP contribution in [0.1, 0.15) is 0 Å². The molecule has 1 heterocycles. The smallest absolute Gasteiger partial charge is 0.232 e. The Bertz CT molecular complexity index is 320. The minimum atomic E-state index is 0.104. The Labute approximate surface area is 99.9 Å². The summed E-state index contributed by atoms with van der Waals surface area (Å²) in [5, 5.41) is 0. The van der Waals surface area contributed by atoms with E-state index in [9.17, 15) is 0 Å². The Morgan fingerprint density at radius 1 is 0.941 bits per heavy atom. The lowest BCUT2D eigenvalue weighted by Gasteiger charge is -2.21. The van der Waals surface area contributed by atoms with Crippen molar-refractivity contribution < 1.29 is 9.47 Å². The maximum Gasteiger partial charge on any atom is 0.232 e. The number of anilines is 3. The molecular weight excluding hydrogens is 224 g/mol. The van der Waals surface area contributed by atoms with Gasteiger partial charge in [0.2, 0.25) is 17.8 Å². The van der Waals surface area contributed by atoms with Gasteiger partial charge in [0.15, 0.2) is 0 Å². The summed E-state index contributed by atoms with van der Waals surface area (Å²) in [5.41, 5.74) is 11.0. The van der Waals surface area contributed by atoms with Crippen molar-refractivity contribution in [3.05, 3.63) is 0 Å². The van der Waals surface area contributed by atoms with Crippen molar-refractivity contribution in [2.45, 2.75) is 0 Å². The lowest BCUT2D eigenvalue weighted by atomic mass is 10.5. The van der Waals surface area contributed by atoms with Gasteiger partial charge in [0.1, 0.15) is 0 Å². The molecule has 0 fully saturated rings. The molecule has 0 aromatic carbocycles. The number of hydrogen-bond acceptors (Lipinski definition) is 8. The molecule has 0 spiro atoms. The maximum absolute atomic E-state index is 5.52. The van der Waals surface area contributed by atoms with E-state index in [1.54, 1.807) is 14.2 Å². The molecule has 1 aromatic heterocycles. The quantitative estimate of drug-likeness (QED) is 0.634. The third kappa shape index (κ3) is 4.37. The highest BCUT2D eigenvalue weighted by molar-refractivity contribution is 5.39. The van der Waals surface area contributed by atoms with Crippen LogP contribution in [0.4, 0.5) is 17.8 Å². The molecule has 0 saturated heterocycles. The van der Waals surface area contributed by atoms with E-state index in [4.69, 9.17) is 20.9 Å². The number of rotatable bonds is 7. The number of methoxy groups -OCH3 is 2. The van der Waals surface area contributed by atoms with Gasteiger partial charge in [-0.15, -0.1) is 0 Å². The molecule has 1 aromatic rings. The molecule has 0 aliphatic rings. The van der Waals surface area contributed by atoms with Crippen LogP contribution in [-0.4, -0.2) is 55.5 Å². The van der Waals surface area contributed by atoms with Crippen molar-refractivity contribution in [3.63, 3.8) is 0 Å². The molecule has 17 heavy (non-hydrogen) atoms. The number of nitrogens with two attached hydrogens (primary N) is 2. The number of hydrogen-bond donors (Lipinski definition) is 2. The summed E-state index contributed by atoms with van der Waals surface area (Å²) >= 11 is 0. The molecule has 1 rings (SSSR count). The third-order valence-corrected chi connectivity index (χ3v) is 2.07. The van der Waals surface area contributed by atoms with Crippen LogP contribution in [0.15, 0.2) is 0 Å². The number of nitrogens with zero attached hydrogens (tertiary/aromatic N) is 4. The number of ether oxygens (including phenoxy) is 2. The van der Waals surface area contributed by atoms with Crippen LogP contribution in [0.5, 0.6) is 0 Å². The van der Waals surface area contributed by atoms with Crippen molar-refractivity contribution in [1.82, 2.24) is 15.0 Å². The van der Waals surface area contributed by atoms with Crippen molar-refractivity contribution in [2.24, 2.45) is 0 Å². The van der Waals surface area contributed by atoms with E-state index in [1.165, 1.54) is 0 Å². The predicted molar refractivity (Wildman–Crippen MR) is 64.6 cm³/mol. The molecule has 96 valence electrons. The van der Waals surface area contributed by atoms with Gasteiger partial charge in [-0.3, -0.25) is 0 Å². The summed E-state index contributed by atoms with van der Waals surface area (Å²) in [4.78, 5) is 13.7. The van der Waals surface area contributed by atoms with Gasteiger partial charge in [0, 0.05) is 27.3 Å². The van der Waals surface area contributed by atoms with Gasteiger partial charge < -0.3 is 25.8 Å². The van der Waals surface area contributed by atoms with E-state index in [-0.39, 0.29) is 11.9 Å².